The zero-order valence-corrected chi connectivity index (χ0v) is 10.9. The summed E-state index contributed by atoms with van der Waals surface area (Å²) in [5, 5.41) is 3.55. The molecule has 0 unspecified atom stereocenters. The van der Waals surface area contributed by atoms with E-state index in [0.29, 0.717) is 6.04 Å². The first-order chi connectivity index (χ1) is 8.72. The average Bonchev–Trinajstić information content (AvgIpc) is 2.70. The molecule has 1 saturated carbocycles. The fourth-order valence-electron chi connectivity index (χ4n) is 2.59. The van der Waals surface area contributed by atoms with Crippen molar-refractivity contribution in [2.75, 3.05) is 5.32 Å². The summed E-state index contributed by atoms with van der Waals surface area (Å²) in [6, 6.07) is 10.9. The van der Waals surface area contributed by atoms with Crippen LogP contribution in [0.3, 0.4) is 0 Å². The number of anilines is 1. The molecule has 1 aromatic carbocycles. The molecule has 1 aliphatic carbocycles. The maximum absolute atomic E-state index is 4.59. The number of nitrogens with zero attached hydrogens (tertiary/aromatic N) is 2. The molecule has 1 aliphatic rings. The number of aryl methyl sites for hydroxylation is 1. The Balaban J connectivity index is 1.86. The van der Waals surface area contributed by atoms with Gasteiger partial charge in [0.1, 0.15) is 0 Å². The number of hydrogen-bond donors (Lipinski definition) is 1. The van der Waals surface area contributed by atoms with Gasteiger partial charge in [0.15, 0.2) is 0 Å². The normalized spacial score (nSPS) is 22.6. The first kappa shape index (κ1) is 11.3. The highest BCUT2D eigenvalue weighted by molar-refractivity contribution is 5.43. The molecule has 94 valence electrons. The van der Waals surface area contributed by atoms with Crippen LogP contribution in [-0.4, -0.2) is 15.6 Å². The Kier molecular flexibility index (Phi) is 2.82. The molecule has 1 heterocycles. The van der Waals surface area contributed by atoms with Gasteiger partial charge in [-0.05, 0) is 37.8 Å². The number of rotatable bonds is 3. The van der Waals surface area contributed by atoms with Gasteiger partial charge in [0, 0.05) is 17.9 Å². The van der Waals surface area contributed by atoms with Gasteiger partial charge in [-0.25, -0.2) is 4.98 Å². The SMILES string of the molecule is Cc1cn(-c2ccccc2)c(NC2CC(C)C2)n1. The molecule has 3 nitrogen and oxygen atoms in total. The molecule has 0 bridgehead atoms. The minimum Gasteiger partial charge on any atom is -0.353 e. The first-order valence-corrected chi connectivity index (χ1v) is 6.60. The van der Waals surface area contributed by atoms with Crippen LogP contribution >= 0.6 is 0 Å². The Morgan fingerprint density at radius 2 is 1.94 bits per heavy atom. The molecule has 1 fully saturated rings. The Morgan fingerprint density at radius 3 is 2.61 bits per heavy atom. The van der Waals surface area contributed by atoms with Gasteiger partial charge in [-0.3, -0.25) is 4.57 Å². The molecule has 0 radical (unpaired) electrons. The summed E-state index contributed by atoms with van der Waals surface area (Å²) in [6.07, 6.45) is 4.58. The highest BCUT2D eigenvalue weighted by Gasteiger charge is 2.26. The summed E-state index contributed by atoms with van der Waals surface area (Å²) < 4.78 is 2.14. The fraction of sp³-hybridized carbons (Fsp3) is 0.400. The van der Waals surface area contributed by atoms with Gasteiger partial charge in [-0.15, -0.1) is 0 Å². The molecule has 0 saturated heterocycles. The summed E-state index contributed by atoms with van der Waals surface area (Å²) in [5.74, 6) is 1.82. The summed E-state index contributed by atoms with van der Waals surface area (Å²) in [4.78, 5) is 4.59. The average molecular weight is 241 g/mol. The molecule has 18 heavy (non-hydrogen) atoms. The predicted octanol–water partition coefficient (Wildman–Crippen LogP) is 3.39. The van der Waals surface area contributed by atoms with Crippen LogP contribution in [0.2, 0.25) is 0 Å². The zero-order chi connectivity index (χ0) is 12.5. The van der Waals surface area contributed by atoms with E-state index in [1.165, 1.54) is 12.8 Å². The van der Waals surface area contributed by atoms with E-state index in [9.17, 15) is 0 Å². The Hall–Kier alpha value is -1.77. The molecule has 1 aromatic heterocycles. The third kappa shape index (κ3) is 2.13. The lowest BCUT2D eigenvalue weighted by Crippen LogP contribution is -2.34. The Morgan fingerprint density at radius 1 is 1.22 bits per heavy atom. The lowest BCUT2D eigenvalue weighted by atomic mass is 9.82. The molecule has 3 heteroatoms. The van der Waals surface area contributed by atoms with Crippen molar-refractivity contribution in [3.8, 4) is 5.69 Å². The number of imidazole rings is 1. The van der Waals surface area contributed by atoms with Gasteiger partial charge in [0.2, 0.25) is 5.95 Å². The van der Waals surface area contributed by atoms with Gasteiger partial charge < -0.3 is 5.32 Å². The summed E-state index contributed by atoms with van der Waals surface area (Å²) >= 11 is 0. The molecule has 1 N–H and O–H groups in total. The minimum absolute atomic E-state index is 0.587. The van der Waals surface area contributed by atoms with Crippen molar-refractivity contribution in [1.29, 1.82) is 0 Å². The largest absolute Gasteiger partial charge is 0.353 e. The monoisotopic (exact) mass is 241 g/mol. The molecule has 2 aromatic rings. The van der Waals surface area contributed by atoms with Crippen LogP contribution in [0, 0.1) is 12.8 Å². The lowest BCUT2D eigenvalue weighted by Gasteiger charge is -2.33. The highest BCUT2D eigenvalue weighted by Crippen LogP contribution is 2.29. The van der Waals surface area contributed by atoms with E-state index < -0.39 is 0 Å². The molecule has 0 aliphatic heterocycles. The quantitative estimate of drug-likeness (QED) is 0.892. The Labute approximate surface area is 108 Å². The van der Waals surface area contributed by atoms with Crippen LogP contribution in [0.1, 0.15) is 25.5 Å². The molecular formula is C15H19N3. The molecule has 3 rings (SSSR count). The summed E-state index contributed by atoms with van der Waals surface area (Å²) in [6.45, 7) is 4.33. The minimum atomic E-state index is 0.587. The van der Waals surface area contributed by atoms with Crippen molar-refractivity contribution in [3.63, 3.8) is 0 Å². The molecule has 0 amide bonds. The van der Waals surface area contributed by atoms with E-state index in [4.69, 9.17) is 0 Å². The smallest absolute Gasteiger partial charge is 0.207 e. The van der Waals surface area contributed by atoms with E-state index in [2.05, 4.69) is 52.3 Å². The number of benzene rings is 1. The zero-order valence-electron chi connectivity index (χ0n) is 10.9. The fourth-order valence-corrected chi connectivity index (χ4v) is 2.59. The van der Waals surface area contributed by atoms with Crippen LogP contribution in [0.4, 0.5) is 5.95 Å². The third-order valence-corrected chi connectivity index (χ3v) is 3.57. The van der Waals surface area contributed by atoms with E-state index >= 15 is 0 Å². The summed E-state index contributed by atoms with van der Waals surface area (Å²) in [7, 11) is 0. The van der Waals surface area contributed by atoms with E-state index in [1.807, 2.05) is 13.0 Å². The van der Waals surface area contributed by atoms with Crippen molar-refractivity contribution in [1.82, 2.24) is 9.55 Å². The number of nitrogens with one attached hydrogen (secondary N) is 1. The maximum atomic E-state index is 4.59. The van der Waals surface area contributed by atoms with Crippen LogP contribution in [-0.2, 0) is 0 Å². The van der Waals surface area contributed by atoms with E-state index in [1.54, 1.807) is 0 Å². The van der Waals surface area contributed by atoms with Gasteiger partial charge in [-0.1, -0.05) is 25.1 Å². The predicted molar refractivity (Wildman–Crippen MR) is 74.1 cm³/mol. The van der Waals surface area contributed by atoms with Crippen molar-refractivity contribution >= 4 is 5.95 Å². The van der Waals surface area contributed by atoms with Crippen LogP contribution in [0.15, 0.2) is 36.5 Å². The number of para-hydroxylation sites is 1. The van der Waals surface area contributed by atoms with Gasteiger partial charge in [-0.2, -0.15) is 0 Å². The van der Waals surface area contributed by atoms with E-state index in [0.717, 1.165) is 23.2 Å². The second-order valence-corrected chi connectivity index (χ2v) is 5.33. The van der Waals surface area contributed by atoms with Gasteiger partial charge >= 0.3 is 0 Å². The second kappa shape index (κ2) is 4.48. The van der Waals surface area contributed by atoms with Crippen molar-refractivity contribution in [3.05, 3.63) is 42.2 Å². The van der Waals surface area contributed by atoms with Crippen LogP contribution in [0.5, 0.6) is 0 Å². The molecular weight excluding hydrogens is 222 g/mol. The van der Waals surface area contributed by atoms with Gasteiger partial charge in [0.25, 0.3) is 0 Å². The second-order valence-electron chi connectivity index (χ2n) is 5.33. The number of aromatic nitrogens is 2. The van der Waals surface area contributed by atoms with Crippen molar-refractivity contribution in [2.24, 2.45) is 5.92 Å². The standard InChI is InChI=1S/C15H19N3/c1-11-8-13(9-11)17-15-16-12(2)10-18(15)14-6-4-3-5-7-14/h3-7,10-11,13H,8-9H2,1-2H3,(H,16,17). The van der Waals surface area contributed by atoms with E-state index in [-0.39, 0.29) is 0 Å². The molecule has 0 atom stereocenters. The number of hydrogen-bond acceptors (Lipinski definition) is 2. The summed E-state index contributed by atoms with van der Waals surface area (Å²) in [5.41, 5.74) is 2.21. The maximum Gasteiger partial charge on any atom is 0.207 e. The van der Waals surface area contributed by atoms with Crippen LogP contribution < -0.4 is 5.32 Å². The lowest BCUT2D eigenvalue weighted by molar-refractivity contribution is 0.307. The highest BCUT2D eigenvalue weighted by atomic mass is 15.2. The van der Waals surface area contributed by atoms with Crippen molar-refractivity contribution in [2.45, 2.75) is 32.7 Å². The van der Waals surface area contributed by atoms with Gasteiger partial charge in [0.05, 0.1) is 5.69 Å². The topological polar surface area (TPSA) is 29.9 Å². The van der Waals surface area contributed by atoms with Crippen molar-refractivity contribution < 1.29 is 0 Å². The first-order valence-electron chi connectivity index (χ1n) is 6.60. The third-order valence-electron chi connectivity index (χ3n) is 3.57. The Bertz CT molecular complexity index is 524. The van der Waals surface area contributed by atoms with Crippen LogP contribution in [0.25, 0.3) is 5.69 Å². The molecule has 0 spiro atoms.